The lowest BCUT2D eigenvalue weighted by molar-refractivity contribution is -0.116. The van der Waals surface area contributed by atoms with E-state index in [0.29, 0.717) is 25.3 Å². The van der Waals surface area contributed by atoms with Crippen LogP contribution in [0.2, 0.25) is 0 Å². The number of hydrogen-bond donors (Lipinski definition) is 1. The molecule has 2 aliphatic heterocycles. The number of morpholine rings is 1. The zero-order valence-corrected chi connectivity index (χ0v) is 17.4. The first-order chi connectivity index (χ1) is 13.8. The van der Waals surface area contributed by atoms with Crippen molar-refractivity contribution in [2.24, 2.45) is 0 Å². The lowest BCUT2D eigenvalue weighted by Crippen LogP contribution is -2.36. The van der Waals surface area contributed by atoms with Gasteiger partial charge >= 0.3 is 0 Å². The predicted octanol–water partition coefficient (Wildman–Crippen LogP) is 2.62. The van der Waals surface area contributed by atoms with E-state index < -0.39 is 10.0 Å². The Morgan fingerprint density at radius 3 is 2.62 bits per heavy atom. The fourth-order valence-corrected chi connectivity index (χ4v) is 5.16. The van der Waals surface area contributed by atoms with Crippen LogP contribution in [-0.2, 0) is 26.0 Å². The van der Waals surface area contributed by atoms with Crippen LogP contribution < -0.4 is 14.5 Å². The molecule has 0 unspecified atom stereocenters. The molecule has 29 heavy (non-hydrogen) atoms. The summed E-state index contributed by atoms with van der Waals surface area (Å²) in [4.78, 5) is 16.0. The number of anilines is 3. The molecule has 7 nitrogen and oxygen atoms in total. The van der Waals surface area contributed by atoms with Gasteiger partial charge in [0.05, 0.1) is 23.8 Å². The molecule has 4 rings (SSSR count). The minimum absolute atomic E-state index is 0.0265. The summed E-state index contributed by atoms with van der Waals surface area (Å²) in [6.07, 6.45) is 0.644. The van der Waals surface area contributed by atoms with Crippen molar-refractivity contribution in [1.29, 1.82) is 0 Å². The van der Waals surface area contributed by atoms with Crippen LogP contribution in [-0.4, -0.2) is 46.7 Å². The first kappa shape index (κ1) is 19.7. The molecule has 1 atom stereocenters. The van der Waals surface area contributed by atoms with Crippen molar-refractivity contribution in [2.45, 2.75) is 31.2 Å². The van der Waals surface area contributed by atoms with Gasteiger partial charge in [0.15, 0.2) is 0 Å². The van der Waals surface area contributed by atoms with Gasteiger partial charge in [-0.2, -0.15) is 0 Å². The van der Waals surface area contributed by atoms with Crippen LogP contribution in [0.4, 0.5) is 17.1 Å². The average Bonchev–Trinajstić information content (AvgIpc) is 3.03. The van der Waals surface area contributed by atoms with Gasteiger partial charge in [0.2, 0.25) is 5.91 Å². The SMILES string of the molecule is CC(=O)N1c2ccc(S(=O)(=O)Nc3cccc(N4CCOCC4)c3)cc2C[C@@H]1C. The number of sulfonamides is 1. The molecule has 0 bridgehead atoms. The molecular weight excluding hydrogens is 390 g/mol. The second kappa shape index (κ2) is 7.68. The van der Waals surface area contributed by atoms with Crippen LogP contribution in [0.3, 0.4) is 0 Å². The zero-order valence-electron chi connectivity index (χ0n) is 16.6. The number of amides is 1. The molecule has 0 aliphatic carbocycles. The van der Waals surface area contributed by atoms with E-state index in [4.69, 9.17) is 4.74 Å². The Balaban J connectivity index is 1.57. The summed E-state index contributed by atoms with van der Waals surface area (Å²) in [6.45, 7) is 6.39. The first-order valence-electron chi connectivity index (χ1n) is 9.73. The fraction of sp³-hybridized carbons (Fsp3) is 0.381. The van der Waals surface area contributed by atoms with Gasteiger partial charge < -0.3 is 14.5 Å². The molecule has 154 valence electrons. The van der Waals surface area contributed by atoms with Crippen molar-refractivity contribution in [1.82, 2.24) is 0 Å². The second-order valence-corrected chi connectivity index (χ2v) is 9.17. The van der Waals surface area contributed by atoms with E-state index in [2.05, 4.69) is 9.62 Å². The third kappa shape index (κ3) is 3.95. The molecule has 0 radical (unpaired) electrons. The largest absolute Gasteiger partial charge is 0.378 e. The Morgan fingerprint density at radius 2 is 1.90 bits per heavy atom. The highest BCUT2D eigenvalue weighted by atomic mass is 32.2. The topological polar surface area (TPSA) is 79.0 Å². The van der Waals surface area contributed by atoms with Gasteiger partial charge in [0.1, 0.15) is 0 Å². The van der Waals surface area contributed by atoms with Gasteiger partial charge in [-0.05, 0) is 55.3 Å². The average molecular weight is 416 g/mol. The van der Waals surface area contributed by atoms with E-state index >= 15 is 0 Å². The minimum Gasteiger partial charge on any atom is -0.378 e. The second-order valence-electron chi connectivity index (χ2n) is 7.49. The summed E-state index contributed by atoms with van der Waals surface area (Å²) < 4.78 is 34.0. The first-order valence-corrected chi connectivity index (χ1v) is 11.2. The van der Waals surface area contributed by atoms with Crippen molar-refractivity contribution in [3.05, 3.63) is 48.0 Å². The van der Waals surface area contributed by atoms with Gasteiger partial charge in [-0.1, -0.05) is 6.07 Å². The summed E-state index contributed by atoms with van der Waals surface area (Å²) in [7, 11) is -3.73. The maximum atomic E-state index is 13.0. The van der Waals surface area contributed by atoms with E-state index in [0.717, 1.165) is 30.0 Å². The number of rotatable bonds is 4. The number of nitrogens with one attached hydrogen (secondary N) is 1. The van der Waals surface area contributed by atoms with Gasteiger partial charge in [0.25, 0.3) is 10.0 Å². The number of carbonyl (C=O) groups excluding carboxylic acids is 1. The van der Waals surface area contributed by atoms with Crippen LogP contribution in [0.1, 0.15) is 19.4 Å². The van der Waals surface area contributed by atoms with E-state index in [1.165, 1.54) is 6.92 Å². The Hall–Kier alpha value is -2.58. The van der Waals surface area contributed by atoms with E-state index in [9.17, 15) is 13.2 Å². The van der Waals surface area contributed by atoms with E-state index in [1.54, 1.807) is 29.2 Å². The highest BCUT2D eigenvalue weighted by molar-refractivity contribution is 7.92. The molecule has 1 saturated heterocycles. The van der Waals surface area contributed by atoms with Crippen LogP contribution in [0.5, 0.6) is 0 Å². The third-order valence-corrected chi connectivity index (χ3v) is 6.77. The van der Waals surface area contributed by atoms with Crippen LogP contribution in [0.25, 0.3) is 0 Å². The summed E-state index contributed by atoms with van der Waals surface area (Å²) in [6, 6.07) is 12.4. The quantitative estimate of drug-likeness (QED) is 0.831. The fourth-order valence-electron chi connectivity index (χ4n) is 4.06. The van der Waals surface area contributed by atoms with Crippen molar-refractivity contribution < 1.29 is 17.9 Å². The molecule has 1 N–H and O–H groups in total. The standard InChI is InChI=1S/C21H25N3O4S/c1-15-12-17-13-20(6-7-21(17)24(15)16(2)25)29(26,27)22-18-4-3-5-19(14-18)23-8-10-28-11-9-23/h3-7,13-15,22H,8-12H2,1-2H3/t15-/m0/s1. The Morgan fingerprint density at radius 1 is 1.14 bits per heavy atom. The molecule has 1 fully saturated rings. The lowest BCUT2D eigenvalue weighted by atomic mass is 10.1. The molecule has 0 saturated carbocycles. The number of carbonyl (C=O) groups is 1. The molecular formula is C21H25N3O4S. The van der Waals surface area contributed by atoms with Crippen molar-refractivity contribution in [3.8, 4) is 0 Å². The maximum Gasteiger partial charge on any atom is 0.261 e. The summed E-state index contributed by atoms with van der Waals surface area (Å²) in [5.74, 6) is -0.0371. The molecule has 8 heteroatoms. The van der Waals surface area contributed by atoms with Crippen LogP contribution >= 0.6 is 0 Å². The van der Waals surface area contributed by atoms with Crippen molar-refractivity contribution >= 4 is 33.0 Å². The summed E-state index contributed by atoms with van der Waals surface area (Å²) in [5, 5.41) is 0. The molecule has 2 heterocycles. The Kier molecular flexibility index (Phi) is 5.23. The zero-order chi connectivity index (χ0) is 20.6. The molecule has 0 aromatic heterocycles. The highest BCUT2D eigenvalue weighted by Gasteiger charge is 2.30. The van der Waals surface area contributed by atoms with Gasteiger partial charge in [0, 0.05) is 37.4 Å². The number of fused-ring (bicyclic) bond motifs is 1. The number of nitrogens with zero attached hydrogens (tertiary/aromatic N) is 2. The van der Waals surface area contributed by atoms with Crippen LogP contribution in [0.15, 0.2) is 47.4 Å². The smallest absolute Gasteiger partial charge is 0.261 e. The maximum absolute atomic E-state index is 13.0. The number of hydrogen-bond acceptors (Lipinski definition) is 5. The van der Waals surface area contributed by atoms with Crippen LogP contribution in [0, 0.1) is 0 Å². The predicted molar refractivity (Wildman–Crippen MR) is 113 cm³/mol. The summed E-state index contributed by atoms with van der Waals surface area (Å²) >= 11 is 0. The van der Waals surface area contributed by atoms with Gasteiger partial charge in [-0.15, -0.1) is 0 Å². The number of ether oxygens (including phenoxy) is 1. The number of benzene rings is 2. The van der Waals surface area contributed by atoms with E-state index in [-0.39, 0.29) is 16.8 Å². The highest BCUT2D eigenvalue weighted by Crippen LogP contribution is 2.34. The van der Waals surface area contributed by atoms with E-state index in [1.807, 2.05) is 25.1 Å². The van der Waals surface area contributed by atoms with Gasteiger partial charge in [-0.3, -0.25) is 9.52 Å². The Labute approximate surface area is 171 Å². The molecule has 1 amide bonds. The molecule has 2 aliphatic rings. The van der Waals surface area contributed by atoms with Crippen molar-refractivity contribution in [3.63, 3.8) is 0 Å². The van der Waals surface area contributed by atoms with Crippen molar-refractivity contribution in [2.75, 3.05) is 40.8 Å². The minimum atomic E-state index is -3.73. The summed E-state index contributed by atoms with van der Waals surface area (Å²) in [5.41, 5.74) is 3.15. The molecule has 2 aromatic carbocycles. The molecule has 0 spiro atoms. The third-order valence-electron chi connectivity index (χ3n) is 5.39. The van der Waals surface area contributed by atoms with Gasteiger partial charge in [-0.25, -0.2) is 8.42 Å². The lowest BCUT2D eigenvalue weighted by Gasteiger charge is -2.29. The Bertz CT molecular complexity index is 1030. The normalized spacial score (nSPS) is 19.2. The molecule has 2 aromatic rings. The monoisotopic (exact) mass is 415 g/mol.